The second-order valence-electron chi connectivity index (χ2n) is 7.21. The smallest absolute Gasteiger partial charge is 0.322 e. The molecule has 25 heavy (non-hydrogen) atoms. The highest BCUT2D eigenvalue weighted by Gasteiger charge is 2.51. The van der Waals surface area contributed by atoms with Crippen molar-refractivity contribution < 1.29 is 23.1 Å². The van der Waals surface area contributed by atoms with Crippen LogP contribution in [-0.2, 0) is 19.6 Å². The molecule has 4 atom stereocenters. The molecule has 1 saturated carbocycles. The number of ether oxygens (including phenoxy) is 1. The molecule has 4 unspecified atom stereocenters. The van der Waals surface area contributed by atoms with Crippen LogP contribution >= 0.6 is 0 Å². The maximum atomic E-state index is 13.2. The first-order chi connectivity index (χ1) is 12.0. The van der Waals surface area contributed by atoms with Crippen molar-refractivity contribution in [2.45, 2.75) is 61.5 Å². The molecule has 4 rings (SSSR count). The maximum Gasteiger partial charge on any atom is 0.322 e. The highest BCUT2D eigenvalue weighted by molar-refractivity contribution is 7.89. The lowest BCUT2D eigenvalue weighted by atomic mass is 9.85. The van der Waals surface area contributed by atoms with Gasteiger partial charge in [-0.15, -0.1) is 0 Å². The minimum atomic E-state index is -3.88. The van der Waals surface area contributed by atoms with Crippen molar-refractivity contribution in [3.8, 4) is 0 Å². The zero-order valence-corrected chi connectivity index (χ0v) is 14.8. The Morgan fingerprint density at radius 1 is 1.28 bits per heavy atom. The molecule has 0 spiro atoms. The molecule has 3 heterocycles. The number of fused-ring (bicyclic) bond motifs is 1. The summed E-state index contributed by atoms with van der Waals surface area (Å²) in [5, 5.41) is 13.8. The molecule has 0 amide bonds. The summed E-state index contributed by atoms with van der Waals surface area (Å²) in [7, 11) is -3.88. The van der Waals surface area contributed by atoms with E-state index in [2.05, 4.69) is 5.10 Å². The van der Waals surface area contributed by atoms with E-state index in [1.807, 2.05) is 0 Å². The Bertz CT molecular complexity index is 756. The number of sulfonamides is 1. The van der Waals surface area contributed by atoms with Crippen LogP contribution in [0.2, 0.25) is 0 Å². The lowest BCUT2D eigenvalue weighted by molar-refractivity contribution is -0.141. The van der Waals surface area contributed by atoms with Crippen LogP contribution in [0.1, 0.15) is 44.6 Å². The minimum Gasteiger partial charge on any atom is -0.480 e. The van der Waals surface area contributed by atoms with Crippen molar-refractivity contribution in [3.63, 3.8) is 0 Å². The molecular formula is C16H23N3O5S. The van der Waals surface area contributed by atoms with E-state index in [0.717, 1.165) is 32.1 Å². The second kappa shape index (κ2) is 6.37. The monoisotopic (exact) mass is 369 g/mol. The molecule has 1 N–H and O–H groups in total. The number of carboxylic acid groups (broad SMARTS) is 1. The molecule has 0 bridgehead atoms. The molecule has 2 aliphatic heterocycles. The van der Waals surface area contributed by atoms with Gasteiger partial charge in [0, 0.05) is 18.8 Å². The van der Waals surface area contributed by atoms with Crippen LogP contribution in [0.15, 0.2) is 17.3 Å². The fourth-order valence-corrected chi connectivity index (χ4v) is 6.29. The fraction of sp³-hybridized carbons (Fsp3) is 0.750. The summed E-state index contributed by atoms with van der Waals surface area (Å²) >= 11 is 0. The Morgan fingerprint density at radius 3 is 2.80 bits per heavy atom. The third-order valence-electron chi connectivity index (χ3n) is 5.75. The molecule has 138 valence electrons. The zero-order chi connectivity index (χ0) is 17.6. The zero-order valence-electron chi connectivity index (χ0n) is 14.0. The normalized spacial score (nSPS) is 33.4. The van der Waals surface area contributed by atoms with Gasteiger partial charge in [-0.1, -0.05) is 12.8 Å². The third-order valence-corrected chi connectivity index (χ3v) is 7.63. The summed E-state index contributed by atoms with van der Waals surface area (Å²) in [5.74, 6) is -0.919. The fourth-order valence-electron chi connectivity index (χ4n) is 4.48. The molecule has 1 aliphatic carbocycles. The van der Waals surface area contributed by atoms with E-state index in [1.165, 1.54) is 16.7 Å². The quantitative estimate of drug-likeness (QED) is 0.857. The molecule has 0 radical (unpaired) electrons. The average Bonchev–Trinajstić information content (AvgIpc) is 3.31. The number of carboxylic acids is 1. The number of aromatic nitrogens is 2. The molecule has 1 aromatic rings. The summed E-state index contributed by atoms with van der Waals surface area (Å²) < 4.78 is 34.6. The van der Waals surface area contributed by atoms with Gasteiger partial charge in [-0.2, -0.15) is 9.40 Å². The van der Waals surface area contributed by atoms with Crippen LogP contribution in [0, 0.1) is 5.92 Å². The van der Waals surface area contributed by atoms with Crippen LogP contribution < -0.4 is 0 Å². The van der Waals surface area contributed by atoms with Crippen molar-refractivity contribution in [2.75, 3.05) is 13.2 Å². The van der Waals surface area contributed by atoms with Crippen LogP contribution in [-0.4, -0.2) is 58.9 Å². The molecule has 3 fully saturated rings. The first-order valence-corrected chi connectivity index (χ1v) is 10.3. The predicted octanol–water partition coefficient (Wildman–Crippen LogP) is 1.25. The molecule has 3 aliphatic rings. The van der Waals surface area contributed by atoms with E-state index in [-0.39, 0.29) is 22.9 Å². The standard InChI is InChI=1S/C16H23N3O5S/c20-16(21)15-7-11-3-1-2-4-14(11)19(15)25(22,23)13-8-17-18(9-13)12-5-6-24-10-12/h8-9,11-12,14-15H,1-7,10H2,(H,20,21). The Kier molecular flexibility index (Phi) is 4.33. The van der Waals surface area contributed by atoms with E-state index in [1.54, 1.807) is 4.68 Å². The number of nitrogens with zero attached hydrogens (tertiary/aromatic N) is 3. The molecule has 9 heteroatoms. The topological polar surface area (TPSA) is 102 Å². The summed E-state index contributed by atoms with van der Waals surface area (Å²) in [5.41, 5.74) is 0. The number of hydrogen-bond acceptors (Lipinski definition) is 5. The van der Waals surface area contributed by atoms with Crippen LogP contribution in [0.3, 0.4) is 0 Å². The van der Waals surface area contributed by atoms with Gasteiger partial charge in [0.25, 0.3) is 0 Å². The lowest BCUT2D eigenvalue weighted by Crippen LogP contribution is -2.46. The largest absolute Gasteiger partial charge is 0.480 e. The number of hydrogen-bond donors (Lipinski definition) is 1. The third kappa shape index (κ3) is 2.88. The van der Waals surface area contributed by atoms with Crippen molar-refractivity contribution in [3.05, 3.63) is 12.4 Å². The van der Waals surface area contributed by atoms with E-state index < -0.39 is 22.0 Å². The molecule has 1 aromatic heterocycles. The van der Waals surface area contributed by atoms with E-state index in [0.29, 0.717) is 19.6 Å². The van der Waals surface area contributed by atoms with Gasteiger partial charge in [0.05, 0.1) is 18.8 Å². The summed E-state index contributed by atoms with van der Waals surface area (Å²) in [4.78, 5) is 11.8. The first-order valence-electron chi connectivity index (χ1n) is 8.86. The molecule has 0 aromatic carbocycles. The summed E-state index contributed by atoms with van der Waals surface area (Å²) in [6.45, 7) is 1.16. The van der Waals surface area contributed by atoms with Gasteiger partial charge in [0.2, 0.25) is 10.0 Å². The number of aliphatic carboxylic acids is 1. The average molecular weight is 369 g/mol. The molecule has 2 saturated heterocycles. The Hall–Kier alpha value is -1.45. The number of carbonyl (C=O) groups is 1. The van der Waals surface area contributed by atoms with Crippen LogP contribution in [0.4, 0.5) is 0 Å². The van der Waals surface area contributed by atoms with Crippen LogP contribution in [0.25, 0.3) is 0 Å². The Balaban J connectivity index is 1.66. The van der Waals surface area contributed by atoms with Gasteiger partial charge in [-0.05, 0) is 31.6 Å². The molecular weight excluding hydrogens is 346 g/mol. The van der Waals surface area contributed by atoms with Gasteiger partial charge in [-0.3, -0.25) is 9.48 Å². The van der Waals surface area contributed by atoms with Gasteiger partial charge < -0.3 is 9.84 Å². The lowest BCUT2D eigenvalue weighted by Gasteiger charge is -2.31. The van der Waals surface area contributed by atoms with E-state index in [9.17, 15) is 18.3 Å². The van der Waals surface area contributed by atoms with E-state index >= 15 is 0 Å². The minimum absolute atomic E-state index is 0.0419. The second-order valence-corrected chi connectivity index (χ2v) is 9.05. The van der Waals surface area contributed by atoms with Gasteiger partial charge in [-0.25, -0.2) is 8.42 Å². The summed E-state index contributed by atoms with van der Waals surface area (Å²) in [6.07, 6.45) is 7.68. The van der Waals surface area contributed by atoms with Crippen molar-refractivity contribution in [2.24, 2.45) is 5.92 Å². The maximum absolute atomic E-state index is 13.2. The van der Waals surface area contributed by atoms with Crippen molar-refractivity contribution in [1.29, 1.82) is 0 Å². The Morgan fingerprint density at radius 2 is 2.08 bits per heavy atom. The Labute approximate surface area is 146 Å². The first kappa shape index (κ1) is 17.0. The van der Waals surface area contributed by atoms with Crippen molar-refractivity contribution in [1.82, 2.24) is 14.1 Å². The van der Waals surface area contributed by atoms with Gasteiger partial charge in [0.15, 0.2) is 0 Å². The predicted molar refractivity (Wildman–Crippen MR) is 87.5 cm³/mol. The summed E-state index contributed by atoms with van der Waals surface area (Å²) in [6, 6.07) is -1.14. The van der Waals surface area contributed by atoms with Gasteiger partial charge >= 0.3 is 5.97 Å². The van der Waals surface area contributed by atoms with Gasteiger partial charge in [0.1, 0.15) is 10.9 Å². The van der Waals surface area contributed by atoms with E-state index in [4.69, 9.17) is 4.74 Å². The van der Waals surface area contributed by atoms with Crippen LogP contribution in [0.5, 0.6) is 0 Å². The molecule has 8 nitrogen and oxygen atoms in total. The highest BCUT2D eigenvalue weighted by Crippen LogP contribution is 2.42. The SMILES string of the molecule is O=C(O)C1CC2CCCCC2N1S(=O)(=O)c1cnn(C2CCOC2)c1. The highest BCUT2D eigenvalue weighted by atomic mass is 32.2. The van der Waals surface area contributed by atoms with Crippen molar-refractivity contribution >= 4 is 16.0 Å². The number of rotatable bonds is 4.